The van der Waals surface area contributed by atoms with Crippen molar-refractivity contribution < 1.29 is 19.2 Å². The summed E-state index contributed by atoms with van der Waals surface area (Å²) in [6.07, 6.45) is 0. The summed E-state index contributed by atoms with van der Waals surface area (Å²) in [6.45, 7) is 4.22. The second-order valence-electron chi connectivity index (χ2n) is 6.39. The standard InChI is InChI=1S/C20H25N3O3/c1-25-18-8-6-16(7-9-18)21-20(24)15-22-10-12-23(13-11-22)17-4-3-5-19(14-17)26-2/h3-9,14H,10-13,15H2,1-2H3,(H,21,24)/p+1. The lowest BCUT2D eigenvalue weighted by Crippen LogP contribution is -3.15. The monoisotopic (exact) mass is 356 g/mol. The number of carbonyl (C=O) groups is 1. The fourth-order valence-corrected chi connectivity index (χ4v) is 3.17. The summed E-state index contributed by atoms with van der Waals surface area (Å²) in [4.78, 5) is 15.9. The van der Waals surface area contributed by atoms with Crippen LogP contribution in [0.15, 0.2) is 48.5 Å². The first-order valence-electron chi connectivity index (χ1n) is 8.84. The lowest BCUT2D eigenvalue weighted by molar-refractivity contribution is -0.892. The van der Waals surface area contributed by atoms with E-state index >= 15 is 0 Å². The normalized spacial score (nSPS) is 14.8. The maximum atomic E-state index is 12.3. The lowest BCUT2D eigenvalue weighted by atomic mass is 10.2. The largest absolute Gasteiger partial charge is 0.497 e. The van der Waals surface area contributed by atoms with Crippen LogP contribution in [0.25, 0.3) is 0 Å². The molecule has 0 unspecified atom stereocenters. The molecule has 0 radical (unpaired) electrons. The van der Waals surface area contributed by atoms with Gasteiger partial charge < -0.3 is 24.6 Å². The molecule has 3 rings (SSSR count). The van der Waals surface area contributed by atoms with Gasteiger partial charge in [0.1, 0.15) is 11.5 Å². The van der Waals surface area contributed by atoms with Crippen molar-refractivity contribution in [2.24, 2.45) is 0 Å². The van der Waals surface area contributed by atoms with Crippen molar-refractivity contribution in [3.8, 4) is 11.5 Å². The number of carbonyl (C=O) groups excluding carboxylic acids is 1. The van der Waals surface area contributed by atoms with Gasteiger partial charge in [-0.3, -0.25) is 4.79 Å². The highest BCUT2D eigenvalue weighted by molar-refractivity contribution is 5.91. The van der Waals surface area contributed by atoms with Gasteiger partial charge in [0.05, 0.1) is 40.4 Å². The van der Waals surface area contributed by atoms with Crippen molar-refractivity contribution in [1.29, 1.82) is 0 Å². The van der Waals surface area contributed by atoms with Crippen LogP contribution in [0.5, 0.6) is 11.5 Å². The average molecular weight is 356 g/mol. The third-order valence-electron chi connectivity index (χ3n) is 4.67. The van der Waals surface area contributed by atoms with Crippen molar-refractivity contribution in [2.45, 2.75) is 0 Å². The highest BCUT2D eigenvalue weighted by Gasteiger charge is 2.22. The van der Waals surface area contributed by atoms with Gasteiger partial charge in [-0.2, -0.15) is 0 Å². The number of methoxy groups -OCH3 is 2. The predicted molar refractivity (Wildman–Crippen MR) is 102 cm³/mol. The zero-order valence-electron chi connectivity index (χ0n) is 15.3. The molecule has 1 aliphatic rings. The van der Waals surface area contributed by atoms with Crippen LogP contribution >= 0.6 is 0 Å². The summed E-state index contributed by atoms with van der Waals surface area (Å²) in [5, 5.41) is 2.95. The summed E-state index contributed by atoms with van der Waals surface area (Å²) in [5.74, 6) is 1.69. The average Bonchev–Trinajstić information content (AvgIpc) is 2.69. The molecule has 1 heterocycles. The molecule has 1 fully saturated rings. The van der Waals surface area contributed by atoms with Crippen LogP contribution in [0, 0.1) is 0 Å². The van der Waals surface area contributed by atoms with Crippen LogP contribution in [0.1, 0.15) is 0 Å². The summed E-state index contributed by atoms with van der Waals surface area (Å²) in [5.41, 5.74) is 1.97. The second kappa shape index (κ2) is 8.58. The summed E-state index contributed by atoms with van der Waals surface area (Å²) < 4.78 is 10.4. The van der Waals surface area contributed by atoms with E-state index in [0.29, 0.717) is 6.54 Å². The number of ether oxygens (including phenoxy) is 2. The molecular formula is C20H26N3O3+. The molecule has 138 valence electrons. The molecule has 2 aromatic rings. The first-order valence-corrected chi connectivity index (χ1v) is 8.84. The molecule has 0 saturated carbocycles. The number of nitrogens with one attached hydrogen (secondary N) is 2. The number of benzene rings is 2. The lowest BCUT2D eigenvalue weighted by Gasteiger charge is -2.33. The molecule has 1 amide bonds. The van der Waals surface area contributed by atoms with Crippen LogP contribution in [0.4, 0.5) is 11.4 Å². The number of rotatable bonds is 6. The quantitative estimate of drug-likeness (QED) is 0.812. The maximum Gasteiger partial charge on any atom is 0.279 e. The van der Waals surface area contributed by atoms with E-state index in [4.69, 9.17) is 9.47 Å². The fourth-order valence-electron chi connectivity index (χ4n) is 3.17. The Balaban J connectivity index is 1.47. The molecule has 6 nitrogen and oxygen atoms in total. The van der Waals surface area contributed by atoms with Crippen molar-refractivity contribution in [2.75, 3.05) is 57.2 Å². The van der Waals surface area contributed by atoms with E-state index in [9.17, 15) is 4.79 Å². The number of amides is 1. The zero-order chi connectivity index (χ0) is 18.4. The van der Waals surface area contributed by atoms with Gasteiger partial charge in [0.2, 0.25) is 0 Å². The number of quaternary nitrogens is 1. The number of hydrogen-bond donors (Lipinski definition) is 2. The summed E-state index contributed by atoms with van der Waals surface area (Å²) >= 11 is 0. The Hall–Kier alpha value is -2.73. The van der Waals surface area contributed by atoms with Gasteiger partial charge in [0.15, 0.2) is 6.54 Å². The van der Waals surface area contributed by atoms with E-state index in [1.54, 1.807) is 14.2 Å². The van der Waals surface area contributed by atoms with E-state index < -0.39 is 0 Å². The molecule has 6 heteroatoms. The van der Waals surface area contributed by atoms with Crippen molar-refractivity contribution in [1.82, 2.24) is 0 Å². The van der Waals surface area contributed by atoms with E-state index in [0.717, 1.165) is 43.4 Å². The van der Waals surface area contributed by atoms with E-state index in [2.05, 4.69) is 22.3 Å². The van der Waals surface area contributed by atoms with Crippen LogP contribution in [0.2, 0.25) is 0 Å². The minimum Gasteiger partial charge on any atom is -0.497 e. The van der Waals surface area contributed by atoms with Gasteiger partial charge in [-0.05, 0) is 36.4 Å². The molecule has 0 atom stereocenters. The first kappa shape index (κ1) is 18.1. The molecule has 0 aliphatic carbocycles. The van der Waals surface area contributed by atoms with E-state index in [1.807, 2.05) is 36.4 Å². The molecule has 2 aromatic carbocycles. The number of anilines is 2. The van der Waals surface area contributed by atoms with Gasteiger partial charge >= 0.3 is 0 Å². The minimum absolute atomic E-state index is 0.0417. The maximum absolute atomic E-state index is 12.3. The van der Waals surface area contributed by atoms with Gasteiger partial charge in [-0.25, -0.2) is 0 Å². The molecule has 2 N–H and O–H groups in total. The van der Waals surface area contributed by atoms with Crippen LogP contribution in [-0.4, -0.2) is 52.9 Å². The van der Waals surface area contributed by atoms with Crippen LogP contribution < -0.4 is 24.6 Å². The van der Waals surface area contributed by atoms with E-state index in [-0.39, 0.29) is 5.91 Å². The number of hydrogen-bond acceptors (Lipinski definition) is 4. The zero-order valence-corrected chi connectivity index (χ0v) is 15.3. The molecule has 0 bridgehead atoms. The number of nitrogens with zero attached hydrogens (tertiary/aromatic N) is 1. The third-order valence-corrected chi connectivity index (χ3v) is 4.67. The van der Waals surface area contributed by atoms with Gasteiger partial charge in [0, 0.05) is 17.4 Å². The second-order valence-corrected chi connectivity index (χ2v) is 6.39. The summed E-state index contributed by atoms with van der Waals surface area (Å²) in [7, 11) is 3.31. The Bertz CT molecular complexity index is 725. The Kier molecular flexibility index (Phi) is 5.96. The minimum atomic E-state index is 0.0417. The molecule has 26 heavy (non-hydrogen) atoms. The first-order chi connectivity index (χ1) is 12.7. The Morgan fingerprint density at radius 3 is 2.38 bits per heavy atom. The van der Waals surface area contributed by atoms with Crippen LogP contribution in [-0.2, 0) is 4.79 Å². The van der Waals surface area contributed by atoms with Crippen LogP contribution in [0.3, 0.4) is 0 Å². The Labute approximate surface area is 154 Å². The van der Waals surface area contributed by atoms with Crippen molar-refractivity contribution >= 4 is 17.3 Å². The number of piperazine rings is 1. The van der Waals surface area contributed by atoms with Crippen molar-refractivity contribution in [3.05, 3.63) is 48.5 Å². The fraction of sp³-hybridized carbons (Fsp3) is 0.350. The SMILES string of the molecule is COc1ccc(NC(=O)C[NH+]2CCN(c3cccc(OC)c3)CC2)cc1. The Morgan fingerprint density at radius 1 is 1.04 bits per heavy atom. The molecular weight excluding hydrogens is 330 g/mol. The van der Waals surface area contributed by atoms with Gasteiger partial charge in [0.25, 0.3) is 5.91 Å². The smallest absolute Gasteiger partial charge is 0.279 e. The highest BCUT2D eigenvalue weighted by Crippen LogP contribution is 2.20. The topological polar surface area (TPSA) is 55.2 Å². The van der Waals surface area contributed by atoms with Crippen molar-refractivity contribution in [3.63, 3.8) is 0 Å². The Morgan fingerprint density at radius 2 is 1.73 bits per heavy atom. The predicted octanol–water partition coefficient (Wildman–Crippen LogP) is 1.05. The summed E-state index contributed by atoms with van der Waals surface area (Å²) in [6, 6.07) is 15.5. The molecule has 1 aliphatic heterocycles. The third kappa shape index (κ3) is 4.67. The highest BCUT2D eigenvalue weighted by atomic mass is 16.5. The van der Waals surface area contributed by atoms with Gasteiger partial charge in [-0.1, -0.05) is 6.07 Å². The molecule has 0 spiro atoms. The van der Waals surface area contributed by atoms with Gasteiger partial charge in [-0.15, -0.1) is 0 Å². The van der Waals surface area contributed by atoms with E-state index in [1.165, 1.54) is 10.6 Å². The molecule has 0 aromatic heterocycles. The molecule has 1 saturated heterocycles.